The average Bonchev–Trinajstić information content (AvgIpc) is 2.44. The van der Waals surface area contributed by atoms with Crippen LogP contribution in [0.5, 0.6) is 0 Å². The summed E-state index contributed by atoms with van der Waals surface area (Å²) in [5.41, 5.74) is 16.9. The quantitative estimate of drug-likeness (QED) is 0.231. The van der Waals surface area contributed by atoms with Gasteiger partial charge in [-0.2, -0.15) is 0 Å². The van der Waals surface area contributed by atoms with E-state index in [2.05, 4.69) is 26.6 Å². The minimum Gasteiger partial charge on any atom is -0.465 e. The van der Waals surface area contributed by atoms with Gasteiger partial charge in [0.05, 0.1) is 12.6 Å². The van der Waals surface area contributed by atoms with Gasteiger partial charge in [-0.3, -0.25) is 0 Å². The van der Waals surface area contributed by atoms with E-state index < -0.39 is 34.3 Å². The van der Waals surface area contributed by atoms with E-state index in [0.717, 1.165) is 0 Å². The summed E-state index contributed by atoms with van der Waals surface area (Å²) in [4.78, 5) is 5.15. The number of ether oxygens (including phenoxy) is 2. The molecule has 0 aromatic heterocycles. The molecule has 1 fully saturated rings. The first-order chi connectivity index (χ1) is 10.2. The molecule has 1 unspecified atom stereocenters. The molecular formula is C10H12Cl3FN6O2. The van der Waals surface area contributed by atoms with Gasteiger partial charge in [0.15, 0.2) is 0 Å². The number of allylic oxidation sites excluding steroid dienone is 1. The summed E-state index contributed by atoms with van der Waals surface area (Å²) in [7, 11) is 0. The van der Waals surface area contributed by atoms with E-state index in [1.807, 2.05) is 0 Å². The Bertz CT molecular complexity index is 515. The summed E-state index contributed by atoms with van der Waals surface area (Å²) in [6, 6.07) is -1.30. The molecule has 22 heavy (non-hydrogen) atoms. The molecule has 0 bridgehead atoms. The van der Waals surface area contributed by atoms with E-state index in [9.17, 15) is 4.39 Å². The van der Waals surface area contributed by atoms with Crippen LogP contribution in [0.2, 0.25) is 0 Å². The Morgan fingerprint density at radius 3 is 2.55 bits per heavy atom. The number of rotatable bonds is 5. The van der Waals surface area contributed by atoms with Crippen molar-refractivity contribution in [2.45, 2.75) is 35.3 Å². The average molecular weight is 374 g/mol. The third kappa shape index (κ3) is 4.71. The molecule has 0 saturated carbocycles. The number of alkyl halides is 4. The fourth-order valence-electron chi connectivity index (χ4n) is 1.85. The van der Waals surface area contributed by atoms with Crippen LogP contribution in [-0.4, -0.2) is 34.9 Å². The van der Waals surface area contributed by atoms with Gasteiger partial charge in [0, 0.05) is 15.7 Å². The van der Waals surface area contributed by atoms with Crippen molar-refractivity contribution in [2.24, 2.45) is 16.1 Å². The smallest absolute Gasteiger partial charge is 0.247 e. The van der Waals surface area contributed by atoms with Crippen LogP contribution >= 0.6 is 34.8 Å². The third-order valence-corrected chi connectivity index (χ3v) is 3.72. The van der Waals surface area contributed by atoms with Crippen molar-refractivity contribution in [3.8, 4) is 0 Å². The van der Waals surface area contributed by atoms with Crippen molar-refractivity contribution in [3.63, 3.8) is 0 Å². The summed E-state index contributed by atoms with van der Waals surface area (Å²) in [6.45, 7) is 4.81. The van der Waals surface area contributed by atoms with Crippen LogP contribution in [0.4, 0.5) is 4.39 Å². The van der Waals surface area contributed by atoms with Crippen LogP contribution in [0, 0.1) is 5.92 Å². The van der Waals surface area contributed by atoms with E-state index in [0.29, 0.717) is 0 Å². The van der Waals surface area contributed by atoms with E-state index in [4.69, 9.17) is 55.3 Å². The van der Waals surface area contributed by atoms with E-state index in [1.54, 1.807) is 0 Å². The first-order valence-electron chi connectivity index (χ1n) is 5.99. The molecule has 5 atom stereocenters. The van der Waals surface area contributed by atoms with Crippen LogP contribution in [-0.2, 0) is 9.47 Å². The van der Waals surface area contributed by atoms with Gasteiger partial charge in [0.25, 0.3) is 0 Å². The molecule has 0 amide bonds. The summed E-state index contributed by atoms with van der Waals surface area (Å²) >= 11 is 16.8. The molecule has 12 heteroatoms. The van der Waals surface area contributed by atoms with Crippen LogP contribution in [0.1, 0.15) is 6.92 Å². The van der Waals surface area contributed by atoms with Crippen molar-refractivity contribution in [1.82, 2.24) is 0 Å². The largest absolute Gasteiger partial charge is 0.465 e. The number of nitrogens with zero attached hydrogens (tertiary/aromatic N) is 6. The molecule has 8 nitrogen and oxygen atoms in total. The molecule has 1 rings (SSSR count). The highest BCUT2D eigenvalue weighted by atomic mass is 35.6. The van der Waals surface area contributed by atoms with Gasteiger partial charge in [-0.25, -0.2) is 4.39 Å². The molecule has 1 saturated heterocycles. The van der Waals surface area contributed by atoms with Gasteiger partial charge in [0.2, 0.25) is 10.1 Å². The minimum absolute atomic E-state index is 0.124. The van der Waals surface area contributed by atoms with Crippen molar-refractivity contribution in [2.75, 3.05) is 6.54 Å². The molecule has 0 N–H and O–H groups in total. The molecule has 122 valence electrons. The molecule has 0 aromatic rings. The molecule has 1 aliphatic rings. The second-order valence-corrected chi connectivity index (χ2v) is 6.78. The highest BCUT2D eigenvalue weighted by Gasteiger charge is 2.46. The fourth-order valence-corrected chi connectivity index (χ4v) is 1.99. The maximum Gasteiger partial charge on any atom is 0.247 e. The van der Waals surface area contributed by atoms with E-state index in [-0.39, 0.29) is 12.3 Å². The first-order valence-corrected chi connectivity index (χ1v) is 7.13. The Morgan fingerprint density at radius 1 is 1.41 bits per heavy atom. The van der Waals surface area contributed by atoms with Gasteiger partial charge in [0.1, 0.15) is 18.0 Å². The second-order valence-electron chi connectivity index (χ2n) is 4.49. The van der Waals surface area contributed by atoms with Crippen molar-refractivity contribution in [3.05, 3.63) is 33.2 Å². The number of azide groups is 2. The van der Waals surface area contributed by atoms with Gasteiger partial charge < -0.3 is 9.47 Å². The van der Waals surface area contributed by atoms with Crippen LogP contribution in [0.25, 0.3) is 20.9 Å². The summed E-state index contributed by atoms with van der Waals surface area (Å²) in [5, 5.41) is 6.67. The highest BCUT2D eigenvalue weighted by Crippen LogP contribution is 2.38. The van der Waals surface area contributed by atoms with Crippen molar-refractivity contribution in [1.29, 1.82) is 0 Å². The lowest BCUT2D eigenvalue weighted by Gasteiger charge is -2.40. The van der Waals surface area contributed by atoms with Crippen molar-refractivity contribution < 1.29 is 13.9 Å². The number of hydrogen-bond donors (Lipinski definition) is 0. The zero-order valence-electron chi connectivity index (χ0n) is 11.3. The van der Waals surface area contributed by atoms with Crippen molar-refractivity contribution >= 4 is 34.8 Å². The lowest BCUT2D eigenvalue weighted by Crippen LogP contribution is -2.52. The van der Waals surface area contributed by atoms with Crippen LogP contribution in [0.3, 0.4) is 0 Å². The fraction of sp³-hybridized carbons (Fsp3) is 0.800. The monoisotopic (exact) mass is 372 g/mol. The number of hydrogen-bond acceptors (Lipinski definition) is 4. The van der Waals surface area contributed by atoms with Crippen LogP contribution in [0.15, 0.2) is 22.6 Å². The molecule has 0 aliphatic carbocycles. The molecule has 0 aromatic carbocycles. The normalized spacial score (nSPS) is 31.6. The molecule has 1 heterocycles. The summed E-state index contributed by atoms with van der Waals surface area (Å²) in [5.74, 6) is -1.01. The molecule has 1 aliphatic heterocycles. The predicted molar refractivity (Wildman–Crippen MR) is 80.2 cm³/mol. The zero-order valence-corrected chi connectivity index (χ0v) is 13.6. The van der Waals surface area contributed by atoms with E-state index in [1.165, 1.54) is 6.92 Å². The standard InChI is InChI=1S/C10H12Cl3FN6O2/c1-4-6(3-17-19-15)22-9(8(7(4)14)18-20-16)21-5(2)10(11,12)13/h4,6-9H,2-3H2,1H3/t4-,6-,7-,8-,9?/m1/s1. The lowest BCUT2D eigenvalue weighted by atomic mass is 9.90. The van der Waals surface area contributed by atoms with E-state index >= 15 is 0 Å². The minimum atomic E-state index is -1.96. The maximum atomic E-state index is 14.4. The SMILES string of the molecule is C=C(OC1O[C@H](CN=[N+]=[N-])[C@@H](C)[C@@H](F)[C@H]1N=[N+]=[N-])C(Cl)(Cl)Cl. The topological polar surface area (TPSA) is 116 Å². The van der Waals surface area contributed by atoms with Gasteiger partial charge in [-0.1, -0.05) is 58.5 Å². The van der Waals surface area contributed by atoms with Crippen LogP contribution < -0.4 is 0 Å². The number of halogens is 4. The summed E-state index contributed by atoms with van der Waals surface area (Å²) < 4.78 is 23.1. The lowest BCUT2D eigenvalue weighted by molar-refractivity contribution is -0.215. The zero-order chi connectivity index (χ0) is 16.9. The molecule has 0 spiro atoms. The Hall–Kier alpha value is -1.08. The maximum absolute atomic E-state index is 14.4. The third-order valence-electron chi connectivity index (χ3n) is 3.09. The Kier molecular flexibility index (Phi) is 6.87. The summed E-state index contributed by atoms with van der Waals surface area (Å²) in [6.07, 6.45) is -3.75. The van der Waals surface area contributed by atoms with Gasteiger partial charge >= 0.3 is 0 Å². The van der Waals surface area contributed by atoms with Gasteiger partial charge in [-0.15, -0.1) is 0 Å². The Balaban J connectivity index is 2.99. The second kappa shape index (κ2) is 7.97. The molecule has 0 radical (unpaired) electrons. The Morgan fingerprint density at radius 2 is 2.05 bits per heavy atom. The van der Waals surface area contributed by atoms with Gasteiger partial charge in [-0.05, 0) is 11.1 Å². The first kappa shape index (κ1) is 19.0. The highest BCUT2D eigenvalue weighted by molar-refractivity contribution is 6.69. The molecular weight excluding hydrogens is 362 g/mol. The predicted octanol–water partition coefficient (Wildman–Crippen LogP) is 4.58. The Labute approximate surface area is 140 Å².